The van der Waals surface area contributed by atoms with Crippen LogP contribution in [0, 0.1) is 12.8 Å². The van der Waals surface area contributed by atoms with Crippen molar-refractivity contribution in [3.63, 3.8) is 0 Å². The summed E-state index contributed by atoms with van der Waals surface area (Å²) in [6.07, 6.45) is 0. The lowest BCUT2D eigenvalue weighted by atomic mass is 10.2. The van der Waals surface area contributed by atoms with Crippen LogP contribution in [0.15, 0.2) is 23.2 Å². The predicted molar refractivity (Wildman–Crippen MR) is 74.3 cm³/mol. The van der Waals surface area contributed by atoms with Crippen LogP contribution >= 0.6 is 11.6 Å². The molecule has 0 aliphatic rings. The first-order valence-corrected chi connectivity index (χ1v) is 5.95. The van der Waals surface area contributed by atoms with Gasteiger partial charge in [-0.1, -0.05) is 31.5 Å². The maximum Gasteiger partial charge on any atom is 0.210 e. The molecule has 0 aromatic heterocycles. The Hall–Kier alpha value is -1.26. The van der Waals surface area contributed by atoms with Gasteiger partial charge in [-0.3, -0.25) is 10.4 Å². The van der Waals surface area contributed by atoms with Crippen LogP contribution in [-0.2, 0) is 0 Å². The fourth-order valence-electron chi connectivity index (χ4n) is 1.25. The van der Waals surface area contributed by atoms with Crippen molar-refractivity contribution in [1.29, 1.82) is 0 Å². The van der Waals surface area contributed by atoms with E-state index >= 15 is 0 Å². The summed E-state index contributed by atoms with van der Waals surface area (Å²) in [5.41, 5.74) is 4.53. The molecule has 0 aliphatic carbocycles. The number of nitrogens with two attached hydrogens (primary N) is 1. The molecule has 0 unspecified atom stereocenters. The lowest BCUT2D eigenvalue weighted by Crippen LogP contribution is -2.36. The van der Waals surface area contributed by atoms with Crippen molar-refractivity contribution in [1.82, 2.24) is 5.43 Å². The van der Waals surface area contributed by atoms with Crippen molar-refractivity contribution in [2.24, 2.45) is 16.8 Å². The molecule has 1 aromatic rings. The molecule has 0 bridgehead atoms. The zero-order valence-corrected chi connectivity index (χ0v) is 11.2. The summed E-state index contributed by atoms with van der Waals surface area (Å²) in [5, 5.41) is 3.80. The number of nitrogens with zero attached hydrogens (tertiary/aromatic N) is 1. The second kappa shape index (κ2) is 6.47. The summed E-state index contributed by atoms with van der Waals surface area (Å²) in [7, 11) is 0. The average molecular weight is 255 g/mol. The molecule has 0 aliphatic heterocycles. The third kappa shape index (κ3) is 4.63. The molecule has 94 valence electrons. The fraction of sp³-hybridized carbons (Fsp3) is 0.417. The van der Waals surface area contributed by atoms with E-state index in [0.717, 1.165) is 11.3 Å². The first-order chi connectivity index (χ1) is 8.02. The number of aliphatic imine (C=N–C) groups is 1. The van der Waals surface area contributed by atoms with E-state index in [0.29, 0.717) is 23.4 Å². The van der Waals surface area contributed by atoms with Gasteiger partial charge < -0.3 is 5.32 Å². The Balaban J connectivity index is 2.80. The lowest BCUT2D eigenvalue weighted by molar-refractivity contribution is 0.663. The van der Waals surface area contributed by atoms with Crippen molar-refractivity contribution in [2.45, 2.75) is 20.8 Å². The first kappa shape index (κ1) is 13.8. The highest BCUT2D eigenvalue weighted by Crippen LogP contribution is 2.19. The molecular formula is C12H19ClN4. The minimum absolute atomic E-state index is 0.487. The number of anilines is 1. The molecule has 0 spiro atoms. The Kier molecular flexibility index (Phi) is 5.25. The van der Waals surface area contributed by atoms with Crippen molar-refractivity contribution in [3.8, 4) is 0 Å². The lowest BCUT2D eigenvalue weighted by Gasteiger charge is -2.12. The Morgan fingerprint density at radius 2 is 2.18 bits per heavy atom. The molecule has 0 saturated carbocycles. The van der Waals surface area contributed by atoms with E-state index in [1.165, 1.54) is 0 Å². The van der Waals surface area contributed by atoms with E-state index in [4.69, 9.17) is 17.4 Å². The van der Waals surface area contributed by atoms with Gasteiger partial charge in [0, 0.05) is 17.3 Å². The highest BCUT2D eigenvalue weighted by molar-refractivity contribution is 6.31. The Morgan fingerprint density at radius 3 is 2.76 bits per heavy atom. The molecule has 5 heteroatoms. The van der Waals surface area contributed by atoms with Crippen molar-refractivity contribution >= 4 is 23.2 Å². The number of hydrogen-bond donors (Lipinski definition) is 3. The van der Waals surface area contributed by atoms with Gasteiger partial charge in [0.1, 0.15) is 0 Å². The molecule has 17 heavy (non-hydrogen) atoms. The average Bonchev–Trinajstić information content (AvgIpc) is 2.28. The molecule has 4 N–H and O–H groups in total. The van der Waals surface area contributed by atoms with E-state index in [9.17, 15) is 0 Å². The fourth-order valence-corrected chi connectivity index (χ4v) is 1.42. The second-order valence-corrected chi connectivity index (χ2v) is 4.75. The van der Waals surface area contributed by atoms with E-state index in [1.54, 1.807) is 0 Å². The zero-order valence-electron chi connectivity index (χ0n) is 10.4. The highest BCUT2D eigenvalue weighted by atomic mass is 35.5. The topological polar surface area (TPSA) is 62.4 Å². The molecule has 0 radical (unpaired) electrons. The summed E-state index contributed by atoms with van der Waals surface area (Å²) in [4.78, 5) is 4.33. The zero-order chi connectivity index (χ0) is 12.8. The van der Waals surface area contributed by atoms with Crippen LogP contribution in [0.5, 0.6) is 0 Å². The molecule has 1 aromatic carbocycles. The number of hydrogen-bond acceptors (Lipinski definition) is 2. The van der Waals surface area contributed by atoms with Gasteiger partial charge in [-0.15, -0.1) is 0 Å². The van der Waals surface area contributed by atoms with E-state index in [-0.39, 0.29) is 0 Å². The van der Waals surface area contributed by atoms with Crippen molar-refractivity contribution in [2.75, 3.05) is 11.9 Å². The third-order valence-corrected chi connectivity index (χ3v) is 2.44. The van der Waals surface area contributed by atoms with Crippen molar-refractivity contribution < 1.29 is 0 Å². The largest absolute Gasteiger partial charge is 0.325 e. The Labute approximate surface area is 107 Å². The molecule has 0 heterocycles. The second-order valence-electron chi connectivity index (χ2n) is 4.31. The van der Waals surface area contributed by atoms with Crippen LogP contribution in [0.4, 0.5) is 5.69 Å². The quantitative estimate of drug-likeness (QED) is 0.336. The van der Waals surface area contributed by atoms with Gasteiger partial charge in [0.2, 0.25) is 5.96 Å². The van der Waals surface area contributed by atoms with Crippen LogP contribution in [0.2, 0.25) is 5.02 Å². The number of benzene rings is 1. The Morgan fingerprint density at radius 1 is 1.47 bits per heavy atom. The van der Waals surface area contributed by atoms with Gasteiger partial charge in [0.05, 0.1) is 0 Å². The van der Waals surface area contributed by atoms with Gasteiger partial charge >= 0.3 is 0 Å². The monoisotopic (exact) mass is 254 g/mol. The molecule has 0 atom stereocenters. The molecule has 1 rings (SSSR count). The third-order valence-electron chi connectivity index (χ3n) is 2.20. The predicted octanol–water partition coefficient (Wildman–Crippen LogP) is 2.54. The van der Waals surface area contributed by atoms with Gasteiger partial charge in [-0.05, 0) is 30.5 Å². The van der Waals surface area contributed by atoms with E-state index < -0.39 is 0 Å². The summed E-state index contributed by atoms with van der Waals surface area (Å²) in [6, 6.07) is 5.64. The molecule has 0 saturated heterocycles. The number of nitrogens with one attached hydrogen (secondary N) is 2. The maximum absolute atomic E-state index is 5.94. The number of aryl methyl sites for hydroxylation is 1. The van der Waals surface area contributed by atoms with Crippen LogP contribution in [0.1, 0.15) is 19.4 Å². The van der Waals surface area contributed by atoms with E-state index in [2.05, 4.69) is 29.6 Å². The smallest absolute Gasteiger partial charge is 0.210 e. The minimum atomic E-state index is 0.487. The maximum atomic E-state index is 5.94. The minimum Gasteiger partial charge on any atom is -0.325 e. The number of guanidine groups is 1. The summed E-state index contributed by atoms with van der Waals surface area (Å²) >= 11 is 5.94. The Bertz CT molecular complexity index is 401. The standard InChI is InChI=1S/C12H19ClN4/c1-8(2)7-15-12(17-14)16-11-6-10(13)5-4-9(11)3/h4-6,8H,7,14H2,1-3H3,(H2,15,16,17). The number of halogens is 1. The summed E-state index contributed by atoms with van der Waals surface area (Å²) in [5.74, 6) is 6.45. The highest BCUT2D eigenvalue weighted by Gasteiger charge is 2.03. The van der Waals surface area contributed by atoms with Crippen LogP contribution < -0.4 is 16.6 Å². The normalized spacial score (nSPS) is 11.8. The molecule has 0 fully saturated rings. The number of rotatable bonds is 3. The first-order valence-electron chi connectivity index (χ1n) is 5.57. The van der Waals surface area contributed by atoms with Gasteiger partial charge in [0.25, 0.3) is 0 Å². The summed E-state index contributed by atoms with van der Waals surface area (Å²) in [6.45, 7) is 6.91. The van der Waals surface area contributed by atoms with Crippen LogP contribution in [-0.4, -0.2) is 12.5 Å². The van der Waals surface area contributed by atoms with Crippen molar-refractivity contribution in [3.05, 3.63) is 28.8 Å². The summed E-state index contributed by atoms with van der Waals surface area (Å²) < 4.78 is 0. The number of hydrazine groups is 1. The van der Waals surface area contributed by atoms with Gasteiger partial charge in [-0.2, -0.15) is 0 Å². The molecule has 0 amide bonds. The van der Waals surface area contributed by atoms with Crippen LogP contribution in [0.25, 0.3) is 0 Å². The SMILES string of the molecule is Cc1ccc(Cl)cc1NC(=NCC(C)C)NN. The van der Waals surface area contributed by atoms with Gasteiger partial charge in [-0.25, -0.2) is 5.84 Å². The van der Waals surface area contributed by atoms with Crippen LogP contribution in [0.3, 0.4) is 0 Å². The van der Waals surface area contributed by atoms with E-state index in [1.807, 2.05) is 25.1 Å². The van der Waals surface area contributed by atoms with Gasteiger partial charge in [0.15, 0.2) is 0 Å². The molecular weight excluding hydrogens is 236 g/mol. The molecule has 4 nitrogen and oxygen atoms in total.